The van der Waals surface area contributed by atoms with Gasteiger partial charge >= 0.3 is 11.7 Å². The van der Waals surface area contributed by atoms with E-state index in [2.05, 4.69) is 19.6 Å². The molecule has 1 N–H and O–H groups in total. The van der Waals surface area contributed by atoms with Crippen LogP contribution in [0.5, 0.6) is 6.01 Å². The largest absolute Gasteiger partial charge is 0.465 e. The van der Waals surface area contributed by atoms with E-state index in [4.69, 9.17) is 9.47 Å². The molecule has 0 spiro atoms. The fourth-order valence-corrected chi connectivity index (χ4v) is 4.25. The molecule has 0 atom stereocenters. The molecular formula is C28H26N4O5. The molecule has 3 aromatic carbocycles. The molecule has 0 amide bonds. The van der Waals surface area contributed by atoms with Crippen LogP contribution in [0.2, 0.25) is 0 Å². The summed E-state index contributed by atoms with van der Waals surface area (Å²) in [6.45, 7) is 6.42. The van der Waals surface area contributed by atoms with Crippen LogP contribution in [0.15, 0.2) is 76.0 Å². The third-order valence-corrected chi connectivity index (χ3v) is 5.80. The van der Waals surface area contributed by atoms with Crippen LogP contribution in [0.4, 0.5) is 0 Å². The first-order chi connectivity index (χ1) is 17.9. The fraction of sp³-hybridized carbons (Fsp3) is 0.214. The number of rotatable bonds is 8. The Kier molecular flexibility index (Phi) is 6.59. The average molecular weight is 499 g/mol. The normalized spacial score (nSPS) is 11.2. The number of ether oxygens (including phenoxy) is 2. The minimum atomic E-state index is -0.602. The van der Waals surface area contributed by atoms with Gasteiger partial charge in [0.1, 0.15) is 0 Å². The summed E-state index contributed by atoms with van der Waals surface area (Å²) in [7, 11) is 0. The number of imidazole rings is 1. The highest BCUT2D eigenvalue weighted by Crippen LogP contribution is 2.31. The summed E-state index contributed by atoms with van der Waals surface area (Å²) in [5, 5.41) is 3.83. The van der Waals surface area contributed by atoms with Gasteiger partial charge in [0.2, 0.25) is 0 Å². The van der Waals surface area contributed by atoms with Crippen molar-refractivity contribution in [1.29, 1.82) is 0 Å². The molecular weight excluding hydrogens is 472 g/mol. The molecule has 0 radical (unpaired) electrons. The molecule has 0 unspecified atom stereocenters. The highest BCUT2D eigenvalue weighted by molar-refractivity contribution is 6.02. The lowest BCUT2D eigenvalue weighted by Gasteiger charge is -2.13. The lowest BCUT2D eigenvalue weighted by molar-refractivity contribution is 0.0380. The maximum Gasteiger partial charge on any atom is 0.439 e. The van der Waals surface area contributed by atoms with Gasteiger partial charge in [0, 0.05) is 5.56 Å². The first kappa shape index (κ1) is 24.1. The first-order valence-electron chi connectivity index (χ1n) is 12.0. The van der Waals surface area contributed by atoms with Gasteiger partial charge in [-0.05, 0) is 49.6 Å². The van der Waals surface area contributed by atoms with Gasteiger partial charge in [-0.3, -0.25) is 14.1 Å². The van der Waals surface area contributed by atoms with Crippen molar-refractivity contribution in [3.63, 3.8) is 0 Å². The van der Waals surface area contributed by atoms with Crippen molar-refractivity contribution in [3.8, 4) is 28.5 Å². The number of para-hydroxylation sites is 1. The summed E-state index contributed by atoms with van der Waals surface area (Å²) >= 11 is 0. The Morgan fingerprint density at radius 3 is 2.46 bits per heavy atom. The number of nitrogens with one attached hydrogen (secondary N) is 1. The number of carbonyl (C=O) groups is 1. The zero-order valence-electron chi connectivity index (χ0n) is 20.7. The number of esters is 1. The molecule has 9 heteroatoms. The van der Waals surface area contributed by atoms with Crippen LogP contribution in [0.3, 0.4) is 0 Å². The maximum atomic E-state index is 12.9. The van der Waals surface area contributed by atoms with E-state index in [-0.39, 0.29) is 6.10 Å². The van der Waals surface area contributed by atoms with Gasteiger partial charge in [-0.1, -0.05) is 59.8 Å². The summed E-state index contributed by atoms with van der Waals surface area (Å²) < 4.78 is 17.9. The smallest absolute Gasteiger partial charge is 0.439 e. The summed E-state index contributed by atoms with van der Waals surface area (Å²) in [5.41, 5.74) is 5.37. The molecule has 2 heterocycles. The third-order valence-electron chi connectivity index (χ3n) is 5.80. The molecule has 188 valence electrons. The molecule has 5 aromatic rings. The second-order valence-electron chi connectivity index (χ2n) is 8.73. The molecule has 0 bridgehead atoms. The van der Waals surface area contributed by atoms with Crippen LogP contribution in [-0.4, -0.2) is 38.4 Å². The van der Waals surface area contributed by atoms with E-state index in [9.17, 15) is 9.59 Å². The van der Waals surface area contributed by atoms with Crippen LogP contribution in [0, 0.1) is 0 Å². The zero-order chi connectivity index (χ0) is 25.9. The second kappa shape index (κ2) is 10.1. The van der Waals surface area contributed by atoms with Gasteiger partial charge in [0.05, 0.1) is 35.9 Å². The van der Waals surface area contributed by atoms with E-state index in [0.29, 0.717) is 41.6 Å². The third kappa shape index (κ3) is 4.88. The maximum absolute atomic E-state index is 12.9. The summed E-state index contributed by atoms with van der Waals surface area (Å²) in [6, 6.07) is 21.5. The topological polar surface area (TPSA) is 112 Å². The number of aromatic nitrogens is 4. The molecule has 9 nitrogen and oxygen atoms in total. The molecule has 2 aromatic heterocycles. The Hall–Kier alpha value is -4.66. The molecule has 0 aliphatic heterocycles. The second-order valence-corrected chi connectivity index (χ2v) is 8.73. The summed E-state index contributed by atoms with van der Waals surface area (Å²) in [6.07, 6.45) is -0.240. The van der Waals surface area contributed by atoms with E-state index >= 15 is 0 Å². The number of aromatic amines is 1. The molecule has 37 heavy (non-hydrogen) atoms. The molecule has 0 fully saturated rings. The Morgan fingerprint density at radius 2 is 1.78 bits per heavy atom. The van der Waals surface area contributed by atoms with Gasteiger partial charge < -0.3 is 9.47 Å². The van der Waals surface area contributed by atoms with E-state index in [1.54, 1.807) is 12.1 Å². The summed E-state index contributed by atoms with van der Waals surface area (Å²) in [5.74, 6) is -0.631. The monoisotopic (exact) mass is 498 g/mol. The van der Waals surface area contributed by atoms with E-state index in [1.807, 2.05) is 79.9 Å². The quantitative estimate of drug-likeness (QED) is 0.298. The Bertz CT molecular complexity index is 1610. The number of carbonyl (C=O) groups excluding carboxylic acids is 1. The number of H-pyrrole nitrogens is 1. The van der Waals surface area contributed by atoms with Crippen molar-refractivity contribution in [2.75, 3.05) is 6.61 Å². The number of hydrogen-bond acceptors (Lipinski definition) is 7. The van der Waals surface area contributed by atoms with Gasteiger partial charge in [0.15, 0.2) is 5.82 Å². The van der Waals surface area contributed by atoms with Crippen LogP contribution in [0.25, 0.3) is 33.5 Å². The van der Waals surface area contributed by atoms with Crippen molar-refractivity contribution >= 4 is 17.0 Å². The lowest BCUT2D eigenvalue weighted by atomic mass is 9.98. The minimum absolute atomic E-state index is 0.240. The van der Waals surface area contributed by atoms with E-state index in [0.717, 1.165) is 22.3 Å². The lowest BCUT2D eigenvalue weighted by Crippen LogP contribution is -2.14. The highest BCUT2D eigenvalue weighted by Gasteiger charge is 2.21. The van der Waals surface area contributed by atoms with Gasteiger partial charge in [-0.25, -0.2) is 9.59 Å². The number of benzene rings is 3. The number of nitrogens with zero attached hydrogens (tertiary/aromatic N) is 3. The Morgan fingerprint density at radius 1 is 1.03 bits per heavy atom. The van der Waals surface area contributed by atoms with Gasteiger partial charge in [-0.2, -0.15) is 4.98 Å². The van der Waals surface area contributed by atoms with Gasteiger partial charge in [-0.15, -0.1) is 0 Å². The van der Waals surface area contributed by atoms with Crippen molar-refractivity contribution in [2.45, 2.75) is 33.4 Å². The van der Waals surface area contributed by atoms with Crippen molar-refractivity contribution in [2.24, 2.45) is 0 Å². The predicted octanol–water partition coefficient (Wildman–Crippen LogP) is 5.06. The Labute approximate surface area is 212 Å². The van der Waals surface area contributed by atoms with Crippen molar-refractivity contribution in [3.05, 3.63) is 88.4 Å². The molecule has 0 saturated heterocycles. The van der Waals surface area contributed by atoms with Crippen LogP contribution < -0.4 is 10.5 Å². The summed E-state index contributed by atoms with van der Waals surface area (Å²) in [4.78, 5) is 31.5. The standard InChI is InChI=1S/C28H26N4O5/c1-4-35-27-29-23-11-7-10-22(26(33)36-17(2)3)24(23)32(27)16-18-12-14-19(15-13-18)20-8-5-6-9-21(20)25-30-28(34)37-31-25/h5-15,17H,4,16H2,1-3H3,(H,30,31,34). The fourth-order valence-electron chi connectivity index (χ4n) is 4.25. The molecule has 5 rings (SSSR count). The minimum Gasteiger partial charge on any atom is -0.465 e. The SMILES string of the molecule is CCOc1nc2cccc(C(=O)OC(C)C)c2n1Cc1ccc(-c2ccccc2-c2noc(=O)[nH]2)cc1. The van der Waals surface area contributed by atoms with Crippen molar-refractivity contribution in [1.82, 2.24) is 19.7 Å². The first-order valence-corrected chi connectivity index (χ1v) is 12.0. The van der Waals surface area contributed by atoms with E-state index in [1.165, 1.54) is 0 Å². The predicted molar refractivity (Wildman–Crippen MR) is 139 cm³/mol. The van der Waals surface area contributed by atoms with Crippen molar-refractivity contribution < 1.29 is 18.8 Å². The number of hydrogen-bond donors (Lipinski definition) is 1. The van der Waals surface area contributed by atoms with Crippen LogP contribution in [-0.2, 0) is 11.3 Å². The van der Waals surface area contributed by atoms with Crippen LogP contribution >= 0.6 is 0 Å². The van der Waals surface area contributed by atoms with Crippen LogP contribution in [0.1, 0.15) is 36.7 Å². The Balaban J connectivity index is 1.52. The average Bonchev–Trinajstić information content (AvgIpc) is 3.47. The van der Waals surface area contributed by atoms with E-state index < -0.39 is 11.7 Å². The molecule has 0 saturated carbocycles. The molecule has 0 aliphatic rings. The zero-order valence-corrected chi connectivity index (χ0v) is 20.7. The number of fused-ring (bicyclic) bond motifs is 1. The van der Waals surface area contributed by atoms with Gasteiger partial charge in [0.25, 0.3) is 6.01 Å². The molecule has 0 aliphatic carbocycles. The highest BCUT2D eigenvalue weighted by atomic mass is 16.5.